The first-order valence-corrected chi connectivity index (χ1v) is 8.62. The van der Waals surface area contributed by atoms with Crippen molar-refractivity contribution < 1.29 is 19.0 Å². The van der Waals surface area contributed by atoms with E-state index < -0.39 is 5.97 Å². The van der Waals surface area contributed by atoms with Gasteiger partial charge >= 0.3 is 5.97 Å². The lowest BCUT2D eigenvalue weighted by molar-refractivity contribution is 0.0734. The van der Waals surface area contributed by atoms with Crippen LogP contribution in [0.1, 0.15) is 21.7 Å². The van der Waals surface area contributed by atoms with Crippen molar-refractivity contribution >= 4 is 17.6 Å². The van der Waals surface area contributed by atoms with E-state index in [0.717, 1.165) is 17.1 Å². The molecule has 0 atom stereocenters. The van der Waals surface area contributed by atoms with Gasteiger partial charge in [-0.25, -0.2) is 14.8 Å². The second kappa shape index (κ2) is 8.39. The number of nitrogens with zero attached hydrogens (tertiary/aromatic N) is 2. The zero-order valence-corrected chi connectivity index (χ0v) is 16.1. The lowest BCUT2D eigenvalue weighted by atomic mass is 10.2. The molecule has 0 amide bonds. The van der Waals surface area contributed by atoms with Gasteiger partial charge in [0.25, 0.3) is 0 Å². The highest BCUT2D eigenvalue weighted by Gasteiger charge is 2.13. The van der Waals surface area contributed by atoms with E-state index in [1.807, 2.05) is 19.9 Å². The highest BCUT2D eigenvalue weighted by atomic mass is 16.5. The Kier molecular flexibility index (Phi) is 5.74. The van der Waals surface area contributed by atoms with E-state index in [-0.39, 0.29) is 0 Å². The molecule has 0 saturated carbocycles. The number of ether oxygens (including phenoxy) is 3. The van der Waals surface area contributed by atoms with E-state index in [1.54, 1.807) is 42.5 Å². The zero-order chi connectivity index (χ0) is 20.1. The maximum atomic E-state index is 12.4. The van der Waals surface area contributed by atoms with E-state index in [9.17, 15) is 4.79 Å². The molecule has 144 valence electrons. The molecule has 0 bridgehead atoms. The van der Waals surface area contributed by atoms with Crippen LogP contribution in [0.4, 0.5) is 11.6 Å². The fraction of sp³-hybridized carbons (Fsp3) is 0.190. The van der Waals surface area contributed by atoms with Crippen molar-refractivity contribution in [3.05, 3.63) is 65.5 Å². The summed E-state index contributed by atoms with van der Waals surface area (Å²) in [5, 5.41) is 3.13. The van der Waals surface area contributed by atoms with Gasteiger partial charge in [-0.15, -0.1) is 0 Å². The molecule has 1 aromatic heterocycles. The number of hydrogen-bond donors (Lipinski definition) is 1. The third-order valence-electron chi connectivity index (χ3n) is 3.92. The number of carbonyl (C=O) groups excluding carboxylic acids is 1. The molecule has 28 heavy (non-hydrogen) atoms. The first kappa shape index (κ1) is 19.2. The van der Waals surface area contributed by atoms with Gasteiger partial charge < -0.3 is 19.5 Å². The summed E-state index contributed by atoms with van der Waals surface area (Å²) >= 11 is 0. The average Bonchev–Trinajstić information content (AvgIpc) is 2.68. The van der Waals surface area contributed by atoms with E-state index in [4.69, 9.17) is 14.2 Å². The third-order valence-corrected chi connectivity index (χ3v) is 3.92. The van der Waals surface area contributed by atoms with Gasteiger partial charge in [0.15, 0.2) is 11.5 Å². The van der Waals surface area contributed by atoms with Crippen LogP contribution in [-0.4, -0.2) is 30.2 Å². The predicted molar refractivity (Wildman–Crippen MR) is 106 cm³/mol. The number of esters is 1. The smallest absolute Gasteiger partial charge is 0.343 e. The van der Waals surface area contributed by atoms with Crippen LogP contribution in [0.2, 0.25) is 0 Å². The molecule has 0 fully saturated rings. The van der Waals surface area contributed by atoms with Crippen molar-refractivity contribution in [1.82, 2.24) is 9.97 Å². The van der Waals surface area contributed by atoms with Gasteiger partial charge in [-0.3, -0.25) is 0 Å². The standard InChI is InChI=1S/C21H21N3O4/c1-13-11-14(2)23-21(22-13)24-16-6-8-17(9-7-16)28-20(25)15-5-10-18(26-3)19(12-15)27-4/h5-12H,1-4H3,(H,22,23,24). The lowest BCUT2D eigenvalue weighted by Gasteiger charge is -2.10. The van der Waals surface area contributed by atoms with Gasteiger partial charge in [-0.05, 0) is 62.4 Å². The zero-order valence-electron chi connectivity index (χ0n) is 16.1. The van der Waals surface area contributed by atoms with Crippen LogP contribution in [0.25, 0.3) is 0 Å². The maximum absolute atomic E-state index is 12.4. The van der Waals surface area contributed by atoms with Crippen LogP contribution in [0, 0.1) is 13.8 Å². The number of methoxy groups -OCH3 is 2. The average molecular weight is 379 g/mol. The molecule has 1 heterocycles. The predicted octanol–water partition coefficient (Wildman–Crippen LogP) is 4.07. The Morgan fingerprint density at radius 2 is 1.50 bits per heavy atom. The molecular formula is C21H21N3O4. The summed E-state index contributed by atoms with van der Waals surface area (Å²) < 4.78 is 15.8. The number of rotatable bonds is 6. The Morgan fingerprint density at radius 1 is 0.857 bits per heavy atom. The molecule has 2 aromatic carbocycles. The minimum atomic E-state index is -0.487. The Balaban J connectivity index is 1.69. The van der Waals surface area contributed by atoms with Gasteiger partial charge in [-0.2, -0.15) is 0 Å². The molecule has 0 spiro atoms. The molecule has 0 radical (unpaired) electrons. The Bertz CT molecular complexity index is 967. The van der Waals surface area contributed by atoms with Crippen LogP contribution in [-0.2, 0) is 0 Å². The molecule has 3 rings (SSSR count). The highest BCUT2D eigenvalue weighted by Crippen LogP contribution is 2.28. The topological polar surface area (TPSA) is 82.6 Å². The van der Waals surface area contributed by atoms with Gasteiger partial charge in [-0.1, -0.05) is 0 Å². The van der Waals surface area contributed by atoms with Crippen LogP contribution in [0.5, 0.6) is 17.2 Å². The van der Waals surface area contributed by atoms with E-state index >= 15 is 0 Å². The van der Waals surface area contributed by atoms with Crippen molar-refractivity contribution in [2.45, 2.75) is 13.8 Å². The highest BCUT2D eigenvalue weighted by molar-refractivity contribution is 5.91. The molecule has 0 aliphatic rings. The van der Waals surface area contributed by atoms with Crippen LogP contribution < -0.4 is 19.5 Å². The molecule has 1 N–H and O–H groups in total. The molecule has 0 aliphatic carbocycles. The number of carbonyl (C=O) groups is 1. The van der Waals surface area contributed by atoms with Crippen molar-refractivity contribution in [3.63, 3.8) is 0 Å². The van der Waals surface area contributed by atoms with Crippen molar-refractivity contribution in [2.75, 3.05) is 19.5 Å². The summed E-state index contributed by atoms with van der Waals surface area (Å²) in [6, 6.07) is 13.7. The van der Waals surface area contributed by atoms with E-state index in [0.29, 0.717) is 28.8 Å². The first-order chi connectivity index (χ1) is 13.5. The molecule has 7 heteroatoms. The fourth-order valence-corrected chi connectivity index (χ4v) is 2.65. The Morgan fingerprint density at radius 3 is 2.11 bits per heavy atom. The van der Waals surface area contributed by atoms with Crippen LogP contribution in [0.3, 0.4) is 0 Å². The number of nitrogens with one attached hydrogen (secondary N) is 1. The number of anilines is 2. The van der Waals surface area contributed by atoms with Crippen LogP contribution in [0.15, 0.2) is 48.5 Å². The molecule has 7 nitrogen and oxygen atoms in total. The number of aryl methyl sites for hydroxylation is 2. The molecule has 0 unspecified atom stereocenters. The maximum Gasteiger partial charge on any atom is 0.343 e. The lowest BCUT2D eigenvalue weighted by Crippen LogP contribution is -2.09. The minimum absolute atomic E-state index is 0.364. The van der Waals surface area contributed by atoms with Gasteiger partial charge in [0.05, 0.1) is 19.8 Å². The summed E-state index contributed by atoms with van der Waals surface area (Å²) in [6.07, 6.45) is 0. The van der Waals surface area contributed by atoms with E-state index in [2.05, 4.69) is 15.3 Å². The van der Waals surface area contributed by atoms with E-state index in [1.165, 1.54) is 14.2 Å². The third kappa shape index (κ3) is 4.56. The summed E-state index contributed by atoms with van der Waals surface area (Å²) in [7, 11) is 3.05. The molecule has 3 aromatic rings. The summed E-state index contributed by atoms with van der Waals surface area (Å²) in [5.41, 5.74) is 2.92. The summed E-state index contributed by atoms with van der Waals surface area (Å²) in [4.78, 5) is 21.1. The summed E-state index contributed by atoms with van der Waals surface area (Å²) in [6.45, 7) is 3.83. The second-order valence-electron chi connectivity index (χ2n) is 6.08. The monoisotopic (exact) mass is 379 g/mol. The number of benzene rings is 2. The second-order valence-corrected chi connectivity index (χ2v) is 6.08. The van der Waals surface area contributed by atoms with Gasteiger partial charge in [0.1, 0.15) is 5.75 Å². The Hall–Kier alpha value is -3.61. The quantitative estimate of drug-likeness (QED) is 0.510. The largest absolute Gasteiger partial charge is 0.493 e. The van der Waals surface area contributed by atoms with Crippen molar-refractivity contribution in [2.24, 2.45) is 0 Å². The van der Waals surface area contributed by atoms with Gasteiger partial charge in [0.2, 0.25) is 5.95 Å². The van der Waals surface area contributed by atoms with Crippen molar-refractivity contribution in [3.8, 4) is 17.2 Å². The first-order valence-electron chi connectivity index (χ1n) is 8.62. The molecule has 0 saturated heterocycles. The van der Waals surface area contributed by atoms with Gasteiger partial charge in [0, 0.05) is 17.1 Å². The summed E-state index contributed by atoms with van der Waals surface area (Å²) in [5.74, 6) is 1.46. The SMILES string of the molecule is COc1ccc(C(=O)Oc2ccc(Nc3nc(C)cc(C)n3)cc2)cc1OC. The minimum Gasteiger partial charge on any atom is -0.493 e. The number of aromatic nitrogens is 2. The normalized spacial score (nSPS) is 10.3. The van der Waals surface area contributed by atoms with Crippen LogP contribution >= 0.6 is 0 Å². The molecule has 0 aliphatic heterocycles. The Labute approximate surface area is 163 Å². The fourth-order valence-electron chi connectivity index (χ4n) is 2.65. The molecular weight excluding hydrogens is 358 g/mol. The van der Waals surface area contributed by atoms with Crippen molar-refractivity contribution in [1.29, 1.82) is 0 Å². The number of hydrogen-bond acceptors (Lipinski definition) is 7.